The van der Waals surface area contributed by atoms with Crippen LogP contribution < -0.4 is 0 Å². The number of aromatic nitrogens is 8. The Morgan fingerprint density at radius 3 is 2.82 bits per heavy atom. The van der Waals surface area contributed by atoms with Crippen LogP contribution in [0.3, 0.4) is 0 Å². The lowest BCUT2D eigenvalue weighted by Gasteiger charge is -1.84. The number of aromatic amines is 1. The largest absolute Gasteiger partial charge is 0.226 e. The van der Waals surface area contributed by atoms with E-state index in [1.807, 2.05) is 0 Å². The van der Waals surface area contributed by atoms with E-state index in [0.717, 1.165) is 0 Å². The normalized spacial score (nSPS) is 9.82. The molecular formula is C3H2N8. The average molecular weight is 150 g/mol. The van der Waals surface area contributed by atoms with Crippen LogP contribution in [0.1, 0.15) is 0 Å². The number of hydrogen-bond donors (Lipinski definition) is 1. The molecule has 0 aliphatic carbocycles. The molecule has 1 N–H and O–H groups in total. The van der Waals surface area contributed by atoms with Crippen LogP contribution in [0.5, 0.6) is 0 Å². The van der Waals surface area contributed by atoms with Crippen LogP contribution >= 0.6 is 0 Å². The highest BCUT2D eigenvalue weighted by molar-refractivity contribution is 5.43. The van der Waals surface area contributed by atoms with E-state index < -0.39 is 0 Å². The molecule has 0 saturated carbocycles. The van der Waals surface area contributed by atoms with Crippen LogP contribution in [-0.4, -0.2) is 41.2 Å². The second kappa shape index (κ2) is 2.33. The van der Waals surface area contributed by atoms with Gasteiger partial charge < -0.3 is 0 Å². The van der Waals surface area contributed by atoms with Gasteiger partial charge in [0, 0.05) is 0 Å². The van der Waals surface area contributed by atoms with E-state index in [9.17, 15) is 0 Å². The van der Waals surface area contributed by atoms with E-state index in [1.165, 1.54) is 6.20 Å². The highest BCUT2D eigenvalue weighted by atomic mass is 15.5. The monoisotopic (exact) mass is 150 g/mol. The molecule has 0 atom stereocenters. The van der Waals surface area contributed by atoms with Crippen molar-refractivity contribution in [3.8, 4) is 11.5 Å². The van der Waals surface area contributed by atoms with Gasteiger partial charge in [0.1, 0.15) is 0 Å². The van der Waals surface area contributed by atoms with Crippen LogP contribution in [-0.2, 0) is 0 Å². The van der Waals surface area contributed by atoms with Gasteiger partial charge in [0.2, 0.25) is 5.82 Å². The fourth-order valence-electron chi connectivity index (χ4n) is 0.570. The topological polar surface area (TPSA) is 106 Å². The van der Waals surface area contributed by atoms with Gasteiger partial charge in [0.05, 0.1) is 6.20 Å². The second-order valence-corrected chi connectivity index (χ2v) is 1.64. The Labute approximate surface area is 60.0 Å². The quantitative estimate of drug-likeness (QED) is 0.524. The molecule has 2 aromatic rings. The molecule has 2 rings (SSSR count). The summed E-state index contributed by atoms with van der Waals surface area (Å²) in [6.45, 7) is 0. The third-order valence-corrected chi connectivity index (χ3v) is 0.999. The summed E-state index contributed by atoms with van der Waals surface area (Å²) < 4.78 is 0. The van der Waals surface area contributed by atoms with Crippen molar-refractivity contribution in [2.45, 2.75) is 0 Å². The zero-order chi connectivity index (χ0) is 7.52. The van der Waals surface area contributed by atoms with E-state index in [2.05, 4.69) is 41.2 Å². The summed E-state index contributed by atoms with van der Waals surface area (Å²) in [5.74, 6) is 0.354. The van der Waals surface area contributed by atoms with Crippen molar-refractivity contribution in [3.63, 3.8) is 0 Å². The predicted molar refractivity (Wildman–Crippen MR) is 30.8 cm³/mol. The van der Waals surface area contributed by atoms with Gasteiger partial charge in [-0.1, -0.05) is 0 Å². The minimum atomic E-state index is 0.354. The summed E-state index contributed by atoms with van der Waals surface area (Å²) in [6, 6.07) is 0. The van der Waals surface area contributed by atoms with Crippen LogP contribution in [0.2, 0.25) is 0 Å². The highest BCUT2D eigenvalue weighted by Crippen LogP contribution is 2.02. The number of nitrogens with zero attached hydrogens (tertiary/aromatic N) is 7. The molecular weight excluding hydrogens is 148 g/mol. The first-order valence-corrected chi connectivity index (χ1v) is 2.71. The molecule has 0 unspecified atom stereocenters. The highest BCUT2D eigenvalue weighted by Gasteiger charge is 2.03. The molecule has 54 valence electrons. The minimum Gasteiger partial charge on any atom is -0.177 e. The molecule has 2 heterocycles. The molecule has 0 aromatic carbocycles. The number of nitrogens with one attached hydrogen (secondary N) is 1. The maximum Gasteiger partial charge on any atom is 0.226 e. The number of H-pyrrole nitrogens is 1. The summed E-state index contributed by atoms with van der Waals surface area (Å²) in [5, 5.41) is 26.6. The predicted octanol–water partition coefficient (Wildman–Crippen LogP) is -1.55. The van der Waals surface area contributed by atoms with E-state index in [1.54, 1.807) is 0 Å². The zero-order valence-corrected chi connectivity index (χ0v) is 5.21. The van der Waals surface area contributed by atoms with Crippen LogP contribution in [0.25, 0.3) is 11.5 Å². The number of hydrogen-bond acceptors (Lipinski definition) is 7. The Hall–Kier alpha value is -1.99. The molecule has 0 amide bonds. The Balaban J connectivity index is 2.46. The molecule has 2 aromatic heterocycles. The fraction of sp³-hybridized carbons (Fsp3) is 0. The molecule has 8 nitrogen and oxygen atoms in total. The van der Waals surface area contributed by atoms with Crippen molar-refractivity contribution in [2.24, 2.45) is 0 Å². The molecule has 8 heteroatoms. The summed E-state index contributed by atoms with van der Waals surface area (Å²) in [5.41, 5.74) is 0.439. The van der Waals surface area contributed by atoms with Crippen LogP contribution in [0.15, 0.2) is 6.20 Å². The van der Waals surface area contributed by atoms with Crippen LogP contribution in [0, 0.1) is 0 Å². The Morgan fingerprint density at radius 1 is 1.18 bits per heavy atom. The lowest BCUT2D eigenvalue weighted by Crippen LogP contribution is -1.94. The third-order valence-electron chi connectivity index (χ3n) is 0.999. The van der Waals surface area contributed by atoms with Gasteiger partial charge in [-0.25, -0.2) is 0 Å². The van der Waals surface area contributed by atoms with Crippen molar-refractivity contribution < 1.29 is 0 Å². The first kappa shape index (κ1) is 5.77. The Bertz CT molecular complexity index is 312. The van der Waals surface area contributed by atoms with Gasteiger partial charge in [-0.2, -0.15) is 5.21 Å². The summed E-state index contributed by atoms with van der Waals surface area (Å²) in [6.07, 6.45) is 1.40. The van der Waals surface area contributed by atoms with Crippen molar-refractivity contribution in [2.75, 3.05) is 0 Å². The first-order chi connectivity index (χ1) is 5.47. The van der Waals surface area contributed by atoms with Crippen molar-refractivity contribution in [3.05, 3.63) is 6.20 Å². The van der Waals surface area contributed by atoms with Gasteiger partial charge in [0.25, 0.3) is 0 Å². The summed E-state index contributed by atoms with van der Waals surface area (Å²) in [7, 11) is 0. The molecule has 0 spiro atoms. The molecule has 0 bridgehead atoms. The van der Waals surface area contributed by atoms with Crippen molar-refractivity contribution >= 4 is 0 Å². The maximum absolute atomic E-state index is 3.67. The van der Waals surface area contributed by atoms with Gasteiger partial charge in [0.15, 0.2) is 5.69 Å². The molecule has 0 radical (unpaired) electrons. The van der Waals surface area contributed by atoms with Gasteiger partial charge in [-0.15, -0.1) is 20.4 Å². The summed E-state index contributed by atoms with van der Waals surface area (Å²) in [4.78, 5) is 0. The van der Waals surface area contributed by atoms with E-state index in [4.69, 9.17) is 0 Å². The number of tetrazole rings is 1. The molecule has 0 fully saturated rings. The average Bonchev–Trinajstić information content (AvgIpc) is 2.58. The number of rotatable bonds is 1. The first-order valence-electron chi connectivity index (χ1n) is 2.71. The lowest BCUT2D eigenvalue weighted by molar-refractivity contribution is 0.763. The smallest absolute Gasteiger partial charge is 0.177 e. The third kappa shape index (κ3) is 1.000. The molecule has 11 heavy (non-hydrogen) atoms. The second-order valence-electron chi connectivity index (χ2n) is 1.64. The van der Waals surface area contributed by atoms with Gasteiger partial charge in [-0.3, -0.25) is 0 Å². The van der Waals surface area contributed by atoms with E-state index >= 15 is 0 Å². The van der Waals surface area contributed by atoms with Crippen molar-refractivity contribution in [1.29, 1.82) is 0 Å². The van der Waals surface area contributed by atoms with Crippen LogP contribution in [0.4, 0.5) is 0 Å². The minimum absolute atomic E-state index is 0.354. The molecule has 0 aliphatic heterocycles. The lowest BCUT2D eigenvalue weighted by atomic mass is 10.5. The van der Waals surface area contributed by atoms with E-state index in [0.29, 0.717) is 11.5 Å². The maximum atomic E-state index is 3.67. The van der Waals surface area contributed by atoms with E-state index in [-0.39, 0.29) is 0 Å². The zero-order valence-electron chi connectivity index (χ0n) is 5.21. The summed E-state index contributed by atoms with van der Waals surface area (Å²) >= 11 is 0. The molecule has 0 aliphatic rings. The van der Waals surface area contributed by atoms with Gasteiger partial charge >= 0.3 is 0 Å². The van der Waals surface area contributed by atoms with Gasteiger partial charge in [-0.05, 0) is 15.6 Å². The Morgan fingerprint density at radius 2 is 2.18 bits per heavy atom. The standard InChI is InChI=1S/C3H2N8/c1-2(5-9-8-4-1)3-6-10-11-7-3/h1H,(H,6,7,10,11). The SMILES string of the molecule is c1nnnnc1-c1nn[nH]n1. The van der Waals surface area contributed by atoms with Crippen molar-refractivity contribution in [1.82, 2.24) is 41.2 Å². The fourth-order valence-corrected chi connectivity index (χ4v) is 0.570. The molecule has 0 saturated heterocycles. The Kier molecular flexibility index (Phi) is 1.22.